The maximum atomic E-state index is 14.3. The van der Waals surface area contributed by atoms with E-state index >= 15 is 0 Å². The van der Waals surface area contributed by atoms with Crippen molar-refractivity contribution in [1.82, 2.24) is 25.6 Å². The van der Waals surface area contributed by atoms with E-state index in [9.17, 15) is 14.3 Å². The Morgan fingerprint density at radius 2 is 2.03 bits per heavy atom. The molecule has 2 aromatic heterocycles. The molecule has 0 radical (unpaired) electrons. The number of anilines is 2. The zero-order valence-corrected chi connectivity index (χ0v) is 19.8. The van der Waals surface area contributed by atoms with E-state index in [1.165, 1.54) is 43.9 Å². The van der Waals surface area contributed by atoms with Crippen LogP contribution in [0.5, 0.6) is 5.75 Å². The van der Waals surface area contributed by atoms with Crippen molar-refractivity contribution in [3.63, 3.8) is 0 Å². The van der Waals surface area contributed by atoms with Crippen molar-refractivity contribution in [2.24, 2.45) is 0 Å². The molecule has 9 nitrogen and oxygen atoms in total. The first-order chi connectivity index (χ1) is 16.2. The van der Waals surface area contributed by atoms with Crippen LogP contribution in [-0.2, 0) is 0 Å². The zero-order chi connectivity index (χ0) is 24.7. The summed E-state index contributed by atoms with van der Waals surface area (Å²) in [5.74, 6) is -0.247. The standard InChI is InChI=1S/C23H26ClFN6O3/c1-23(2,33)13-27-8-9-28-22(32)16-11-26-7-6-18(16)30-21-19(34-3)12-29-20(31-21)15-10-14(24)4-5-17(15)25/h4-7,10-12,27,33H,8-9,13H2,1-3H3,(H,28,32)(H,26,29,30,31). The van der Waals surface area contributed by atoms with Gasteiger partial charge in [0.25, 0.3) is 5.91 Å². The lowest BCUT2D eigenvalue weighted by molar-refractivity contribution is 0.0800. The van der Waals surface area contributed by atoms with Crippen LogP contribution in [-0.4, -0.2) is 58.3 Å². The maximum Gasteiger partial charge on any atom is 0.255 e. The molecule has 0 saturated carbocycles. The molecule has 0 aliphatic heterocycles. The first kappa shape index (κ1) is 25.3. The highest BCUT2D eigenvalue weighted by Crippen LogP contribution is 2.30. The minimum absolute atomic E-state index is 0.0984. The van der Waals surface area contributed by atoms with Crippen LogP contribution >= 0.6 is 11.6 Å². The number of carbonyl (C=O) groups is 1. The molecule has 180 valence electrons. The Morgan fingerprint density at radius 3 is 2.76 bits per heavy atom. The second-order valence-electron chi connectivity index (χ2n) is 8.03. The van der Waals surface area contributed by atoms with E-state index in [0.29, 0.717) is 36.1 Å². The molecule has 1 amide bonds. The third-order valence-corrected chi connectivity index (χ3v) is 4.84. The number of rotatable bonds is 10. The van der Waals surface area contributed by atoms with Gasteiger partial charge in [0.2, 0.25) is 0 Å². The molecule has 11 heteroatoms. The van der Waals surface area contributed by atoms with E-state index in [2.05, 4.69) is 30.9 Å². The Morgan fingerprint density at radius 1 is 1.24 bits per heavy atom. The largest absolute Gasteiger partial charge is 0.491 e. The number of carbonyl (C=O) groups excluding carboxylic acids is 1. The Bertz CT molecular complexity index is 1160. The Balaban J connectivity index is 1.79. The van der Waals surface area contributed by atoms with Crippen LogP contribution in [0.4, 0.5) is 15.9 Å². The summed E-state index contributed by atoms with van der Waals surface area (Å²) < 4.78 is 19.7. The number of methoxy groups -OCH3 is 1. The molecule has 3 aromatic rings. The number of halogens is 2. The molecule has 0 spiro atoms. The van der Waals surface area contributed by atoms with Crippen molar-refractivity contribution >= 4 is 29.0 Å². The van der Waals surface area contributed by atoms with Crippen molar-refractivity contribution in [3.8, 4) is 17.1 Å². The lowest BCUT2D eigenvalue weighted by Gasteiger charge is -2.18. The van der Waals surface area contributed by atoms with Crippen LogP contribution in [0.3, 0.4) is 0 Å². The fraction of sp³-hybridized carbons (Fsp3) is 0.304. The number of amides is 1. The SMILES string of the molecule is COc1cnc(-c2cc(Cl)ccc2F)nc1Nc1ccncc1C(=O)NCCNCC(C)(C)O. The minimum Gasteiger partial charge on any atom is -0.491 e. The maximum absolute atomic E-state index is 14.3. The van der Waals surface area contributed by atoms with Crippen molar-refractivity contribution in [1.29, 1.82) is 0 Å². The molecule has 1 aromatic carbocycles. The van der Waals surface area contributed by atoms with Crippen LogP contribution in [0.15, 0.2) is 42.9 Å². The third kappa shape index (κ3) is 6.83. The molecular formula is C23H26ClFN6O3. The number of benzene rings is 1. The molecule has 0 aliphatic carbocycles. The van der Waals surface area contributed by atoms with Crippen LogP contribution in [0.25, 0.3) is 11.4 Å². The first-order valence-electron chi connectivity index (χ1n) is 10.5. The van der Waals surface area contributed by atoms with Gasteiger partial charge in [-0.15, -0.1) is 0 Å². The number of aromatic nitrogens is 3. The zero-order valence-electron chi connectivity index (χ0n) is 19.0. The predicted molar refractivity (Wildman–Crippen MR) is 128 cm³/mol. The summed E-state index contributed by atoms with van der Waals surface area (Å²) in [7, 11) is 1.45. The quantitative estimate of drug-likeness (QED) is 0.321. The Labute approximate surface area is 201 Å². The average Bonchev–Trinajstić information content (AvgIpc) is 2.80. The van der Waals surface area contributed by atoms with Gasteiger partial charge in [0.1, 0.15) is 5.82 Å². The lowest BCUT2D eigenvalue weighted by atomic mass is 10.1. The third-order valence-electron chi connectivity index (χ3n) is 4.61. The Kier molecular flexibility index (Phi) is 8.32. The molecule has 4 N–H and O–H groups in total. The second-order valence-corrected chi connectivity index (χ2v) is 8.46. The number of aliphatic hydroxyl groups is 1. The van der Waals surface area contributed by atoms with Gasteiger partial charge < -0.3 is 25.8 Å². The fourth-order valence-corrected chi connectivity index (χ4v) is 3.15. The summed E-state index contributed by atoms with van der Waals surface area (Å²) in [6.45, 7) is 4.61. The average molecular weight is 489 g/mol. The molecule has 2 heterocycles. The predicted octanol–water partition coefficient (Wildman–Crippen LogP) is 3.17. The number of nitrogens with one attached hydrogen (secondary N) is 3. The second kappa shape index (κ2) is 11.2. The topological polar surface area (TPSA) is 121 Å². The van der Waals surface area contributed by atoms with Gasteiger partial charge in [-0.25, -0.2) is 14.4 Å². The smallest absolute Gasteiger partial charge is 0.255 e. The number of pyridine rings is 1. The van der Waals surface area contributed by atoms with Gasteiger partial charge in [0.05, 0.1) is 35.7 Å². The minimum atomic E-state index is -0.839. The molecule has 0 aliphatic rings. The first-order valence-corrected chi connectivity index (χ1v) is 10.8. The molecule has 0 atom stereocenters. The van der Waals surface area contributed by atoms with E-state index in [1.54, 1.807) is 19.9 Å². The summed E-state index contributed by atoms with van der Waals surface area (Å²) >= 11 is 6.00. The summed E-state index contributed by atoms with van der Waals surface area (Å²) in [4.78, 5) is 25.3. The van der Waals surface area contributed by atoms with Crippen molar-refractivity contribution in [2.45, 2.75) is 19.4 Å². The van der Waals surface area contributed by atoms with Crippen LogP contribution in [0.2, 0.25) is 5.02 Å². The van der Waals surface area contributed by atoms with Gasteiger partial charge in [0.15, 0.2) is 17.4 Å². The lowest BCUT2D eigenvalue weighted by Crippen LogP contribution is -2.39. The number of nitrogens with zero attached hydrogens (tertiary/aromatic N) is 3. The normalized spacial score (nSPS) is 11.2. The molecule has 34 heavy (non-hydrogen) atoms. The highest BCUT2D eigenvalue weighted by atomic mass is 35.5. The molecule has 0 fully saturated rings. The highest BCUT2D eigenvalue weighted by Gasteiger charge is 2.17. The molecular weight excluding hydrogens is 463 g/mol. The van der Waals surface area contributed by atoms with Crippen LogP contribution < -0.4 is 20.7 Å². The number of hydrogen-bond acceptors (Lipinski definition) is 8. The Hall–Kier alpha value is -3.34. The molecule has 0 saturated heterocycles. The molecule has 0 bridgehead atoms. The monoisotopic (exact) mass is 488 g/mol. The van der Waals surface area contributed by atoms with Gasteiger partial charge >= 0.3 is 0 Å². The van der Waals surface area contributed by atoms with Crippen molar-refractivity contribution in [2.75, 3.05) is 32.1 Å². The van der Waals surface area contributed by atoms with Crippen LogP contribution in [0.1, 0.15) is 24.2 Å². The van der Waals surface area contributed by atoms with Gasteiger partial charge in [-0.05, 0) is 38.1 Å². The summed E-state index contributed by atoms with van der Waals surface area (Å²) in [6.07, 6.45) is 4.35. The van der Waals surface area contributed by atoms with Crippen LogP contribution in [0, 0.1) is 5.82 Å². The van der Waals surface area contributed by atoms with E-state index in [0.717, 1.165) is 0 Å². The highest BCUT2D eigenvalue weighted by molar-refractivity contribution is 6.30. The summed E-state index contributed by atoms with van der Waals surface area (Å²) in [5, 5.41) is 19.0. The van der Waals surface area contributed by atoms with Gasteiger partial charge in [-0.3, -0.25) is 9.78 Å². The fourth-order valence-electron chi connectivity index (χ4n) is 2.97. The number of hydrogen-bond donors (Lipinski definition) is 4. The van der Waals surface area contributed by atoms with E-state index in [-0.39, 0.29) is 28.7 Å². The van der Waals surface area contributed by atoms with Gasteiger partial charge in [-0.1, -0.05) is 11.6 Å². The van der Waals surface area contributed by atoms with E-state index < -0.39 is 11.4 Å². The number of ether oxygens (including phenoxy) is 1. The van der Waals surface area contributed by atoms with Gasteiger partial charge in [-0.2, -0.15) is 0 Å². The molecule has 3 rings (SSSR count). The summed E-state index contributed by atoms with van der Waals surface area (Å²) in [5.41, 5.74) is -0.00878. The summed E-state index contributed by atoms with van der Waals surface area (Å²) in [6, 6.07) is 5.72. The molecule has 0 unspecified atom stereocenters. The van der Waals surface area contributed by atoms with Crippen molar-refractivity contribution in [3.05, 3.63) is 59.3 Å². The van der Waals surface area contributed by atoms with E-state index in [1.807, 2.05) is 0 Å². The van der Waals surface area contributed by atoms with Gasteiger partial charge in [0, 0.05) is 37.1 Å². The van der Waals surface area contributed by atoms with E-state index in [4.69, 9.17) is 16.3 Å². The van der Waals surface area contributed by atoms with Crippen molar-refractivity contribution < 1.29 is 19.0 Å².